The highest BCUT2D eigenvalue weighted by Gasteiger charge is 2.07. The summed E-state index contributed by atoms with van der Waals surface area (Å²) in [5.41, 5.74) is 1.03. The van der Waals surface area contributed by atoms with Crippen molar-refractivity contribution in [2.45, 2.75) is 32.7 Å². The Kier molecular flexibility index (Phi) is 8.22. The van der Waals surface area contributed by atoms with Crippen molar-refractivity contribution in [3.05, 3.63) is 29.8 Å². The van der Waals surface area contributed by atoms with Crippen molar-refractivity contribution >= 4 is 0 Å². The topological polar surface area (TPSA) is 68.2 Å². The van der Waals surface area contributed by atoms with Gasteiger partial charge >= 0.3 is 0 Å². The van der Waals surface area contributed by atoms with E-state index in [-0.39, 0.29) is 19.3 Å². The van der Waals surface area contributed by atoms with Crippen LogP contribution in [0.1, 0.15) is 19.4 Å². The Morgan fingerprint density at radius 2 is 1.65 bits per heavy atom. The van der Waals surface area contributed by atoms with E-state index < -0.39 is 6.10 Å². The summed E-state index contributed by atoms with van der Waals surface area (Å²) >= 11 is 0. The Balaban J connectivity index is 2.28. The van der Waals surface area contributed by atoms with Crippen LogP contribution in [0.4, 0.5) is 0 Å². The molecule has 114 valence electrons. The zero-order valence-corrected chi connectivity index (χ0v) is 12.1. The summed E-state index contributed by atoms with van der Waals surface area (Å²) in [4.78, 5) is 0. The molecule has 5 heteroatoms. The monoisotopic (exact) mass is 284 g/mol. The molecule has 0 saturated carbocycles. The summed E-state index contributed by atoms with van der Waals surface area (Å²) < 4.78 is 16.2. The molecule has 0 atom stereocenters. The molecule has 5 nitrogen and oxygen atoms in total. The lowest BCUT2D eigenvalue weighted by Crippen LogP contribution is -2.25. The second kappa shape index (κ2) is 9.72. The molecule has 20 heavy (non-hydrogen) atoms. The maximum Gasteiger partial charge on any atom is 0.145 e. The van der Waals surface area contributed by atoms with Gasteiger partial charge in [-0.2, -0.15) is 0 Å². The summed E-state index contributed by atoms with van der Waals surface area (Å²) in [7, 11) is 0. The number of aliphatic hydroxyl groups is 2. The second-order valence-corrected chi connectivity index (χ2v) is 4.72. The smallest absolute Gasteiger partial charge is 0.145 e. The fourth-order valence-corrected chi connectivity index (χ4v) is 1.52. The molecule has 0 fully saturated rings. The molecular weight excluding hydrogens is 260 g/mol. The summed E-state index contributed by atoms with van der Waals surface area (Å²) in [5.74, 6) is 0.616. The number of aliphatic hydroxyl groups excluding tert-OH is 2. The predicted octanol–water partition coefficient (Wildman–Crippen LogP) is 1.36. The van der Waals surface area contributed by atoms with E-state index in [1.807, 2.05) is 26.0 Å². The molecule has 1 aromatic rings. The van der Waals surface area contributed by atoms with E-state index in [0.717, 1.165) is 5.56 Å². The van der Waals surface area contributed by atoms with Crippen LogP contribution in [-0.4, -0.2) is 48.8 Å². The molecule has 0 aliphatic heterocycles. The van der Waals surface area contributed by atoms with Crippen molar-refractivity contribution in [1.29, 1.82) is 0 Å². The van der Waals surface area contributed by atoms with Crippen LogP contribution in [0.15, 0.2) is 24.3 Å². The molecule has 0 amide bonds. The number of benzene rings is 1. The average Bonchev–Trinajstić information content (AvgIpc) is 2.45. The van der Waals surface area contributed by atoms with Gasteiger partial charge in [-0.3, -0.25) is 0 Å². The first-order chi connectivity index (χ1) is 9.65. The summed E-state index contributed by atoms with van der Waals surface area (Å²) in [5, 5.41) is 17.9. The molecule has 1 rings (SSSR count). The Hall–Kier alpha value is -1.14. The third-order valence-electron chi connectivity index (χ3n) is 2.58. The van der Waals surface area contributed by atoms with Crippen LogP contribution < -0.4 is 4.74 Å². The largest absolute Gasteiger partial charge is 0.486 e. The van der Waals surface area contributed by atoms with Crippen molar-refractivity contribution in [3.8, 4) is 5.75 Å². The van der Waals surface area contributed by atoms with E-state index in [1.54, 1.807) is 12.1 Å². The number of hydrogen-bond acceptors (Lipinski definition) is 5. The quantitative estimate of drug-likeness (QED) is 0.635. The maximum atomic E-state index is 8.93. The van der Waals surface area contributed by atoms with Crippen molar-refractivity contribution in [2.75, 3.05) is 26.4 Å². The van der Waals surface area contributed by atoms with Gasteiger partial charge in [-0.25, -0.2) is 0 Å². The third kappa shape index (κ3) is 6.86. The van der Waals surface area contributed by atoms with Gasteiger partial charge in [0, 0.05) is 0 Å². The van der Waals surface area contributed by atoms with Gasteiger partial charge in [-0.1, -0.05) is 12.1 Å². The normalized spacial score (nSPS) is 11.3. The average molecular weight is 284 g/mol. The second-order valence-electron chi connectivity index (χ2n) is 4.72. The van der Waals surface area contributed by atoms with Gasteiger partial charge in [0.15, 0.2) is 0 Å². The first-order valence-corrected chi connectivity index (χ1v) is 6.82. The molecule has 2 N–H and O–H groups in total. The predicted molar refractivity (Wildman–Crippen MR) is 75.8 cm³/mol. The van der Waals surface area contributed by atoms with E-state index in [0.29, 0.717) is 25.6 Å². The lowest BCUT2D eigenvalue weighted by molar-refractivity contribution is 0.0143. The molecule has 0 heterocycles. The first kappa shape index (κ1) is 16.9. The van der Waals surface area contributed by atoms with E-state index in [2.05, 4.69) is 0 Å². The van der Waals surface area contributed by atoms with Gasteiger partial charge in [0.2, 0.25) is 0 Å². The third-order valence-corrected chi connectivity index (χ3v) is 2.58. The molecule has 0 saturated heterocycles. The van der Waals surface area contributed by atoms with Crippen LogP contribution in [0.2, 0.25) is 0 Å². The summed E-state index contributed by atoms with van der Waals surface area (Å²) in [6.07, 6.45) is -0.355. The van der Waals surface area contributed by atoms with E-state index >= 15 is 0 Å². The van der Waals surface area contributed by atoms with Crippen LogP contribution in [0.5, 0.6) is 5.75 Å². The van der Waals surface area contributed by atoms with Gasteiger partial charge in [-0.05, 0) is 31.5 Å². The lowest BCUT2D eigenvalue weighted by atomic mass is 10.2. The standard InChI is InChI=1S/C15H24O5/c1-12(2)19-8-7-18-11-13-3-5-14(6-4-13)20-15(9-16)10-17/h3-6,12,15-17H,7-11H2,1-2H3. The van der Waals surface area contributed by atoms with Crippen LogP contribution >= 0.6 is 0 Å². The summed E-state index contributed by atoms with van der Waals surface area (Å²) in [6.45, 7) is 5.23. The Morgan fingerprint density at radius 3 is 2.20 bits per heavy atom. The minimum Gasteiger partial charge on any atom is -0.486 e. The SMILES string of the molecule is CC(C)OCCOCc1ccc(OC(CO)CO)cc1. The van der Waals surface area contributed by atoms with Crippen molar-refractivity contribution < 1.29 is 24.4 Å². The highest BCUT2D eigenvalue weighted by Crippen LogP contribution is 2.14. The molecular formula is C15H24O5. The zero-order chi connectivity index (χ0) is 14.8. The molecule has 0 aromatic heterocycles. The molecule has 0 aliphatic carbocycles. The van der Waals surface area contributed by atoms with Gasteiger partial charge in [0.25, 0.3) is 0 Å². The number of hydrogen-bond donors (Lipinski definition) is 2. The van der Waals surface area contributed by atoms with Gasteiger partial charge in [-0.15, -0.1) is 0 Å². The van der Waals surface area contributed by atoms with E-state index in [4.69, 9.17) is 24.4 Å². The highest BCUT2D eigenvalue weighted by molar-refractivity contribution is 5.27. The van der Waals surface area contributed by atoms with Crippen LogP contribution in [0, 0.1) is 0 Å². The highest BCUT2D eigenvalue weighted by atomic mass is 16.5. The van der Waals surface area contributed by atoms with Gasteiger partial charge in [0.1, 0.15) is 11.9 Å². The zero-order valence-electron chi connectivity index (χ0n) is 12.1. The van der Waals surface area contributed by atoms with Gasteiger partial charge in [0.05, 0.1) is 39.1 Å². The number of ether oxygens (including phenoxy) is 3. The minimum absolute atomic E-state index is 0.211. The molecule has 0 spiro atoms. The fourth-order valence-electron chi connectivity index (χ4n) is 1.52. The fraction of sp³-hybridized carbons (Fsp3) is 0.600. The minimum atomic E-state index is -0.578. The van der Waals surface area contributed by atoms with Gasteiger partial charge < -0.3 is 24.4 Å². The van der Waals surface area contributed by atoms with Crippen molar-refractivity contribution in [3.63, 3.8) is 0 Å². The Bertz CT molecular complexity index is 346. The van der Waals surface area contributed by atoms with Crippen LogP contribution in [-0.2, 0) is 16.1 Å². The molecule has 0 bridgehead atoms. The van der Waals surface area contributed by atoms with Crippen molar-refractivity contribution in [2.24, 2.45) is 0 Å². The van der Waals surface area contributed by atoms with E-state index in [9.17, 15) is 0 Å². The van der Waals surface area contributed by atoms with Crippen molar-refractivity contribution in [1.82, 2.24) is 0 Å². The molecule has 1 aromatic carbocycles. The lowest BCUT2D eigenvalue weighted by Gasteiger charge is -2.14. The maximum absolute atomic E-state index is 8.93. The first-order valence-electron chi connectivity index (χ1n) is 6.82. The molecule has 0 aliphatic rings. The number of rotatable bonds is 10. The Morgan fingerprint density at radius 1 is 1.00 bits per heavy atom. The van der Waals surface area contributed by atoms with E-state index in [1.165, 1.54) is 0 Å². The van der Waals surface area contributed by atoms with Crippen LogP contribution in [0.25, 0.3) is 0 Å². The summed E-state index contributed by atoms with van der Waals surface area (Å²) in [6, 6.07) is 7.37. The Labute approximate surface area is 120 Å². The molecule has 0 radical (unpaired) electrons. The van der Waals surface area contributed by atoms with Crippen LogP contribution in [0.3, 0.4) is 0 Å². The molecule has 0 unspecified atom stereocenters.